The predicted octanol–water partition coefficient (Wildman–Crippen LogP) is 0.0785. The molecule has 3 N–H and O–H groups in total. The number of rotatable bonds is 5. The molecule has 1 aromatic carbocycles. The fraction of sp³-hybridized carbons (Fsp3) is 0.273. The number of benzene rings is 1. The number of amides is 1. The molecule has 1 rings (SSSR count). The second kappa shape index (κ2) is 5.91. The standard InChI is InChI=1S/C11H12N2O6/c1-6-7(3-2-4-8(6)13(18)19)10(15)12-5-9(14)11(16)17/h2-4,9,14H,5H2,1H3,(H,12,15)(H,16,17)/t9-/m0/s1. The minimum Gasteiger partial charge on any atom is -0.479 e. The Morgan fingerprint density at radius 1 is 1.47 bits per heavy atom. The molecular weight excluding hydrogens is 256 g/mol. The summed E-state index contributed by atoms with van der Waals surface area (Å²) in [5.74, 6) is -2.14. The van der Waals surface area contributed by atoms with Gasteiger partial charge in [-0.15, -0.1) is 0 Å². The van der Waals surface area contributed by atoms with Crippen LogP contribution in [0.15, 0.2) is 18.2 Å². The molecule has 0 spiro atoms. The Bertz CT molecular complexity index is 528. The number of carboxylic acid groups (broad SMARTS) is 1. The van der Waals surface area contributed by atoms with Crippen LogP contribution in [0, 0.1) is 17.0 Å². The highest BCUT2D eigenvalue weighted by Gasteiger charge is 2.19. The molecule has 8 heteroatoms. The molecule has 0 aliphatic heterocycles. The zero-order chi connectivity index (χ0) is 14.6. The average molecular weight is 268 g/mol. The van der Waals surface area contributed by atoms with Gasteiger partial charge in [-0.2, -0.15) is 0 Å². The highest BCUT2D eigenvalue weighted by molar-refractivity contribution is 5.96. The largest absolute Gasteiger partial charge is 0.479 e. The number of aliphatic hydroxyl groups is 1. The first-order chi connectivity index (χ1) is 8.84. The fourth-order valence-corrected chi connectivity index (χ4v) is 1.44. The monoisotopic (exact) mass is 268 g/mol. The number of carboxylic acids is 1. The number of aliphatic hydroxyl groups excluding tert-OH is 1. The summed E-state index contributed by atoms with van der Waals surface area (Å²) in [6.45, 7) is 0.941. The molecule has 0 radical (unpaired) electrons. The first-order valence-corrected chi connectivity index (χ1v) is 5.27. The van der Waals surface area contributed by atoms with E-state index in [2.05, 4.69) is 5.32 Å². The van der Waals surface area contributed by atoms with Gasteiger partial charge in [-0.05, 0) is 13.0 Å². The van der Waals surface area contributed by atoms with Crippen molar-refractivity contribution in [2.45, 2.75) is 13.0 Å². The molecule has 8 nitrogen and oxygen atoms in total. The second-order valence-electron chi connectivity index (χ2n) is 3.77. The first kappa shape index (κ1) is 14.6. The summed E-state index contributed by atoms with van der Waals surface area (Å²) in [6.07, 6.45) is -1.72. The molecule has 19 heavy (non-hydrogen) atoms. The Morgan fingerprint density at radius 3 is 2.63 bits per heavy atom. The zero-order valence-corrected chi connectivity index (χ0v) is 9.99. The Balaban J connectivity index is 2.86. The van der Waals surface area contributed by atoms with Crippen molar-refractivity contribution in [2.24, 2.45) is 0 Å². The predicted molar refractivity (Wildman–Crippen MR) is 63.8 cm³/mol. The van der Waals surface area contributed by atoms with E-state index in [4.69, 9.17) is 10.2 Å². The van der Waals surface area contributed by atoms with Crippen LogP contribution in [-0.2, 0) is 4.79 Å². The van der Waals surface area contributed by atoms with E-state index in [1.54, 1.807) is 0 Å². The van der Waals surface area contributed by atoms with Gasteiger partial charge in [0, 0.05) is 17.2 Å². The van der Waals surface area contributed by atoms with Crippen LogP contribution < -0.4 is 5.32 Å². The zero-order valence-electron chi connectivity index (χ0n) is 9.99. The third-order valence-corrected chi connectivity index (χ3v) is 2.49. The number of nitrogens with zero attached hydrogens (tertiary/aromatic N) is 1. The third-order valence-electron chi connectivity index (χ3n) is 2.49. The molecule has 0 saturated heterocycles. The summed E-state index contributed by atoms with van der Waals surface area (Å²) in [5.41, 5.74) is 0.0352. The summed E-state index contributed by atoms with van der Waals surface area (Å²) >= 11 is 0. The molecule has 0 bridgehead atoms. The third kappa shape index (κ3) is 3.49. The SMILES string of the molecule is Cc1c(C(=O)NC[C@H](O)C(=O)O)cccc1[N+](=O)[O-]. The molecule has 0 heterocycles. The van der Waals surface area contributed by atoms with E-state index in [1.165, 1.54) is 25.1 Å². The van der Waals surface area contributed by atoms with Gasteiger partial charge in [-0.25, -0.2) is 4.79 Å². The lowest BCUT2D eigenvalue weighted by Gasteiger charge is -2.09. The smallest absolute Gasteiger partial charge is 0.334 e. The van der Waals surface area contributed by atoms with Crippen molar-refractivity contribution in [3.63, 3.8) is 0 Å². The van der Waals surface area contributed by atoms with Gasteiger partial charge in [-0.3, -0.25) is 14.9 Å². The Kier molecular flexibility index (Phi) is 4.54. The van der Waals surface area contributed by atoms with Crippen molar-refractivity contribution in [1.82, 2.24) is 5.32 Å². The lowest BCUT2D eigenvalue weighted by molar-refractivity contribution is -0.385. The molecule has 1 atom stereocenters. The number of carbonyl (C=O) groups excluding carboxylic acids is 1. The van der Waals surface area contributed by atoms with Crippen LogP contribution in [0.5, 0.6) is 0 Å². The van der Waals surface area contributed by atoms with Crippen LogP contribution in [0.3, 0.4) is 0 Å². The summed E-state index contributed by atoms with van der Waals surface area (Å²) in [7, 11) is 0. The van der Waals surface area contributed by atoms with Crippen molar-refractivity contribution in [2.75, 3.05) is 6.54 Å². The molecule has 0 aromatic heterocycles. The Hall–Kier alpha value is -2.48. The molecule has 0 aliphatic carbocycles. The first-order valence-electron chi connectivity index (χ1n) is 5.27. The number of hydrogen-bond donors (Lipinski definition) is 3. The number of nitro groups is 1. The van der Waals surface area contributed by atoms with E-state index >= 15 is 0 Å². The van der Waals surface area contributed by atoms with Gasteiger partial charge < -0.3 is 15.5 Å². The van der Waals surface area contributed by atoms with Gasteiger partial charge in [-0.1, -0.05) is 6.07 Å². The molecule has 0 saturated carbocycles. The molecule has 0 fully saturated rings. The van der Waals surface area contributed by atoms with Crippen LogP contribution in [0.25, 0.3) is 0 Å². The number of hydrogen-bond acceptors (Lipinski definition) is 5. The molecule has 0 unspecified atom stereocenters. The summed E-state index contributed by atoms with van der Waals surface area (Å²) in [5, 5.41) is 30.4. The minimum atomic E-state index is -1.72. The maximum Gasteiger partial charge on any atom is 0.334 e. The maximum atomic E-state index is 11.7. The van der Waals surface area contributed by atoms with Gasteiger partial charge in [0.15, 0.2) is 6.10 Å². The minimum absolute atomic E-state index is 0.0618. The molecule has 0 aliphatic rings. The van der Waals surface area contributed by atoms with Crippen LogP contribution in [0.2, 0.25) is 0 Å². The topological polar surface area (TPSA) is 130 Å². The van der Waals surface area contributed by atoms with Gasteiger partial charge in [0.1, 0.15) is 0 Å². The molecule has 1 aromatic rings. The van der Waals surface area contributed by atoms with E-state index in [9.17, 15) is 19.7 Å². The number of nitrogens with one attached hydrogen (secondary N) is 1. The van der Waals surface area contributed by atoms with Gasteiger partial charge in [0.05, 0.1) is 11.5 Å². The highest BCUT2D eigenvalue weighted by atomic mass is 16.6. The van der Waals surface area contributed by atoms with Crippen molar-refractivity contribution in [3.8, 4) is 0 Å². The number of aliphatic carboxylic acids is 1. The van der Waals surface area contributed by atoms with Gasteiger partial charge >= 0.3 is 5.97 Å². The molecular formula is C11H12N2O6. The lowest BCUT2D eigenvalue weighted by atomic mass is 10.1. The summed E-state index contributed by atoms with van der Waals surface area (Å²) in [4.78, 5) is 32.2. The number of carbonyl (C=O) groups is 2. The van der Waals surface area contributed by atoms with E-state index in [0.29, 0.717) is 0 Å². The normalized spacial score (nSPS) is 11.7. The van der Waals surface area contributed by atoms with Gasteiger partial charge in [0.25, 0.3) is 11.6 Å². The van der Waals surface area contributed by atoms with Crippen LogP contribution in [-0.4, -0.2) is 39.7 Å². The van der Waals surface area contributed by atoms with E-state index in [0.717, 1.165) is 0 Å². The van der Waals surface area contributed by atoms with Crippen molar-refractivity contribution >= 4 is 17.6 Å². The lowest BCUT2D eigenvalue weighted by Crippen LogP contribution is -2.36. The van der Waals surface area contributed by atoms with E-state index in [1.807, 2.05) is 0 Å². The van der Waals surface area contributed by atoms with Crippen molar-refractivity contribution < 1.29 is 24.7 Å². The molecule has 1 amide bonds. The second-order valence-corrected chi connectivity index (χ2v) is 3.77. The Morgan fingerprint density at radius 2 is 2.11 bits per heavy atom. The van der Waals surface area contributed by atoms with Crippen LogP contribution >= 0.6 is 0 Å². The van der Waals surface area contributed by atoms with E-state index < -0.39 is 29.4 Å². The Labute approximate surface area is 107 Å². The highest BCUT2D eigenvalue weighted by Crippen LogP contribution is 2.20. The quantitative estimate of drug-likeness (QED) is 0.512. The van der Waals surface area contributed by atoms with Gasteiger partial charge in [0.2, 0.25) is 0 Å². The average Bonchev–Trinajstić information content (AvgIpc) is 2.35. The van der Waals surface area contributed by atoms with E-state index in [-0.39, 0.29) is 16.8 Å². The number of nitro benzene ring substituents is 1. The van der Waals surface area contributed by atoms with Crippen molar-refractivity contribution in [1.29, 1.82) is 0 Å². The van der Waals surface area contributed by atoms with Crippen LogP contribution in [0.1, 0.15) is 15.9 Å². The summed E-state index contributed by atoms with van der Waals surface area (Å²) < 4.78 is 0. The van der Waals surface area contributed by atoms with Crippen molar-refractivity contribution in [3.05, 3.63) is 39.4 Å². The molecule has 102 valence electrons. The van der Waals surface area contributed by atoms with Crippen LogP contribution in [0.4, 0.5) is 5.69 Å². The summed E-state index contributed by atoms with van der Waals surface area (Å²) in [6, 6.07) is 4.00. The fourth-order valence-electron chi connectivity index (χ4n) is 1.44. The maximum absolute atomic E-state index is 11.7.